The van der Waals surface area contributed by atoms with Gasteiger partial charge in [-0.1, -0.05) is 63.4 Å². The van der Waals surface area contributed by atoms with E-state index in [1.54, 1.807) is 19.1 Å². The molecule has 0 heterocycles. The van der Waals surface area contributed by atoms with Gasteiger partial charge in [0.1, 0.15) is 5.75 Å². The summed E-state index contributed by atoms with van der Waals surface area (Å²) in [5.74, 6) is 0.744. The van der Waals surface area contributed by atoms with Crippen molar-refractivity contribution < 1.29 is 14.3 Å². The molecule has 0 spiro atoms. The van der Waals surface area contributed by atoms with E-state index in [1.807, 2.05) is 48.3 Å². The number of ether oxygens (including phenoxy) is 1. The van der Waals surface area contributed by atoms with Gasteiger partial charge in [-0.2, -0.15) is 0 Å². The summed E-state index contributed by atoms with van der Waals surface area (Å²) in [6, 6.07) is 15.3. The molecule has 0 aliphatic heterocycles. The number of nitrogens with one attached hydrogen (secondary N) is 1. The van der Waals surface area contributed by atoms with E-state index >= 15 is 0 Å². The molecule has 0 bridgehead atoms. The van der Waals surface area contributed by atoms with Crippen molar-refractivity contribution in [1.29, 1.82) is 0 Å². The van der Waals surface area contributed by atoms with Crippen LogP contribution in [-0.4, -0.2) is 35.9 Å². The molecule has 2 aromatic rings. The molecular formula is C27H36N2O3. The third-order valence-electron chi connectivity index (χ3n) is 6.59. The van der Waals surface area contributed by atoms with Crippen LogP contribution in [0.5, 0.6) is 5.75 Å². The molecule has 1 aliphatic carbocycles. The van der Waals surface area contributed by atoms with Crippen molar-refractivity contribution in [3.8, 4) is 5.75 Å². The molecule has 2 unspecified atom stereocenters. The van der Waals surface area contributed by atoms with E-state index in [9.17, 15) is 9.59 Å². The summed E-state index contributed by atoms with van der Waals surface area (Å²) in [4.78, 5) is 28.0. The summed E-state index contributed by atoms with van der Waals surface area (Å²) in [5.41, 5.74) is 2.14. The predicted octanol–water partition coefficient (Wildman–Crippen LogP) is 6.01. The van der Waals surface area contributed by atoms with E-state index in [0.717, 1.165) is 43.4 Å². The fourth-order valence-electron chi connectivity index (χ4n) is 4.30. The van der Waals surface area contributed by atoms with Gasteiger partial charge in [0.05, 0.1) is 11.3 Å². The van der Waals surface area contributed by atoms with Crippen LogP contribution >= 0.6 is 0 Å². The molecule has 0 radical (unpaired) electrons. The number of benzene rings is 2. The van der Waals surface area contributed by atoms with Gasteiger partial charge in [0.25, 0.3) is 11.8 Å². The fourth-order valence-corrected chi connectivity index (χ4v) is 4.30. The molecule has 32 heavy (non-hydrogen) atoms. The van der Waals surface area contributed by atoms with Crippen LogP contribution in [0.4, 0.5) is 5.69 Å². The summed E-state index contributed by atoms with van der Waals surface area (Å²) in [7, 11) is 1.87. The molecule has 2 amide bonds. The zero-order valence-corrected chi connectivity index (χ0v) is 19.8. The highest BCUT2D eigenvalue weighted by Crippen LogP contribution is 2.29. The van der Waals surface area contributed by atoms with Crippen molar-refractivity contribution in [2.24, 2.45) is 0 Å². The molecule has 2 aromatic carbocycles. The lowest BCUT2D eigenvalue weighted by molar-refractivity contribution is -0.122. The number of carbonyl (C=O) groups is 2. The average Bonchev–Trinajstić information content (AvgIpc) is 2.83. The number of hydrogen-bond donors (Lipinski definition) is 1. The Kier molecular flexibility index (Phi) is 8.32. The minimum atomic E-state index is -0.695. The first kappa shape index (κ1) is 23.8. The first-order valence-corrected chi connectivity index (χ1v) is 11.8. The van der Waals surface area contributed by atoms with E-state index < -0.39 is 6.10 Å². The van der Waals surface area contributed by atoms with Crippen molar-refractivity contribution >= 4 is 17.5 Å². The first-order valence-electron chi connectivity index (χ1n) is 11.8. The Bertz CT molecular complexity index is 921. The summed E-state index contributed by atoms with van der Waals surface area (Å²) < 4.78 is 6.04. The lowest BCUT2D eigenvalue weighted by Crippen LogP contribution is -2.39. The van der Waals surface area contributed by atoms with Crippen LogP contribution in [0.2, 0.25) is 0 Å². The topological polar surface area (TPSA) is 58.6 Å². The van der Waals surface area contributed by atoms with Gasteiger partial charge in [-0.3, -0.25) is 9.59 Å². The maximum atomic E-state index is 13.2. The van der Waals surface area contributed by atoms with E-state index in [2.05, 4.69) is 19.2 Å². The number of rotatable bonds is 8. The Morgan fingerprint density at radius 1 is 1.03 bits per heavy atom. The highest BCUT2D eigenvalue weighted by atomic mass is 16.5. The number of para-hydroxylation sites is 2. The molecular weight excluding hydrogens is 400 g/mol. The van der Waals surface area contributed by atoms with Gasteiger partial charge in [-0.05, 0) is 55.9 Å². The molecule has 1 fully saturated rings. The predicted molar refractivity (Wildman–Crippen MR) is 129 cm³/mol. The lowest BCUT2D eigenvalue weighted by atomic mass is 9.94. The SMILES string of the molecule is CCC(C)c1ccccc1OC(C)C(=O)Nc1ccccc1C(=O)N(C)C1CCCCC1. The highest BCUT2D eigenvalue weighted by Gasteiger charge is 2.26. The van der Waals surface area contributed by atoms with Gasteiger partial charge in [-0.15, -0.1) is 0 Å². The molecule has 172 valence electrons. The molecule has 1 N–H and O–H groups in total. The Hall–Kier alpha value is -2.82. The number of hydrogen-bond acceptors (Lipinski definition) is 3. The zero-order valence-electron chi connectivity index (χ0n) is 19.8. The summed E-state index contributed by atoms with van der Waals surface area (Å²) >= 11 is 0. The van der Waals surface area contributed by atoms with Crippen molar-refractivity contribution in [3.05, 3.63) is 59.7 Å². The van der Waals surface area contributed by atoms with Crippen molar-refractivity contribution in [2.45, 2.75) is 77.4 Å². The maximum absolute atomic E-state index is 13.2. The third kappa shape index (κ3) is 5.70. The average molecular weight is 437 g/mol. The van der Waals surface area contributed by atoms with Crippen LogP contribution < -0.4 is 10.1 Å². The molecule has 0 saturated heterocycles. The lowest BCUT2D eigenvalue weighted by Gasteiger charge is -2.31. The fraction of sp³-hybridized carbons (Fsp3) is 0.481. The van der Waals surface area contributed by atoms with Crippen LogP contribution in [-0.2, 0) is 4.79 Å². The third-order valence-corrected chi connectivity index (χ3v) is 6.59. The van der Waals surface area contributed by atoms with Gasteiger partial charge in [-0.25, -0.2) is 0 Å². The summed E-state index contributed by atoms with van der Waals surface area (Å²) in [6.07, 6.45) is 5.93. The Labute approximate surface area is 192 Å². The van der Waals surface area contributed by atoms with Crippen LogP contribution in [0, 0.1) is 0 Å². The molecule has 2 atom stereocenters. The molecule has 1 aliphatic rings. The molecule has 1 saturated carbocycles. The van der Waals surface area contributed by atoms with Gasteiger partial charge in [0.2, 0.25) is 0 Å². The maximum Gasteiger partial charge on any atom is 0.265 e. The second kappa shape index (κ2) is 11.2. The Morgan fingerprint density at radius 3 is 2.41 bits per heavy atom. The minimum absolute atomic E-state index is 0.0523. The van der Waals surface area contributed by atoms with E-state index in [4.69, 9.17) is 4.74 Å². The molecule has 5 heteroatoms. The van der Waals surface area contributed by atoms with E-state index in [1.165, 1.54) is 6.42 Å². The smallest absolute Gasteiger partial charge is 0.265 e. The first-order chi connectivity index (χ1) is 15.4. The van der Waals surface area contributed by atoms with Crippen molar-refractivity contribution in [3.63, 3.8) is 0 Å². The van der Waals surface area contributed by atoms with Gasteiger partial charge in [0.15, 0.2) is 6.10 Å². The van der Waals surface area contributed by atoms with Gasteiger partial charge in [0, 0.05) is 13.1 Å². The van der Waals surface area contributed by atoms with Crippen LogP contribution in [0.25, 0.3) is 0 Å². The summed E-state index contributed by atoms with van der Waals surface area (Å²) in [6.45, 7) is 6.02. The largest absolute Gasteiger partial charge is 0.481 e. The van der Waals surface area contributed by atoms with Crippen molar-refractivity contribution in [2.75, 3.05) is 12.4 Å². The molecule has 5 nitrogen and oxygen atoms in total. The quantitative estimate of drug-likeness (QED) is 0.551. The number of nitrogens with zero attached hydrogens (tertiary/aromatic N) is 1. The zero-order chi connectivity index (χ0) is 23.1. The standard InChI is InChI=1S/C27H36N2O3/c1-5-19(2)22-15-10-12-18-25(22)32-20(3)26(30)28-24-17-11-9-16-23(24)27(31)29(4)21-13-7-6-8-14-21/h9-12,15-21H,5-8,13-14H2,1-4H3,(H,28,30). The van der Waals surface area contributed by atoms with Crippen LogP contribution in [0.3, 0.4) is 0 Å². The molecule has 3 rings (SSSR count). The Balaban J connectivity index is 1.71. The van der Waals surface area contributed by atoms with Gasteiger partial charge < -0.3 is 15.0 Å². The Morgan fingerprint density at radius 2 is 1.69 bits per heavy atom. The molecule has 0 aromatic heterocycles. The van der Waals surface area contributed by atoms with Crippen LogP contribution in [0.1, 0.15) is 81.1 Å². The second-order valence-corrected chi connectivity index (χ2v) is 8.85. The van der Waals surface area contributed by atoms with Crippen LogP contribution in [0.15, 0.2) is 48.5 Å². The summed E-state index contributed by atoms with van der Waals surface area (Å²) in [5, 5.41) is 2.92. The minimum Gasteiger partial charge on any atom is -0.481 e. The van der Waals surface area contributed by atoms with Crippen molar-refractivity contribution in [1.82, 2.24) is 4.90 Å². The van der Waals surface area contributed by atoms with Gasteiger partial charge >= 0.3 is 0 Å². The monoisotopic (exact) mass is 436 g/mol. The normalized spacial score (nSPS) is 16.1. The number of carbonyl (C=O) groups excluding carboxylic acids is 2. The highest BCUT2D eigenvalue weighted by molar-refractivity contribution is 6.04. The van der Waals surface area contributed by atoms with E-state index in [-0.39, 0.29) is 17.9 Å². The number of anilines is 1. The second-order valence-electron chi connectivity index (χ2n) is 8.85. The number of amides is 2. The van der Waals surface area contributed by atoms with E-state index in [0.29, 0.717) is 17.2 Å².